The zero-order chi connectivity index (χ0) is 13.4. The highest BCUT2D eigenvalue weighted by molar-refractivity contribution is 5.54. The minimum atomic E-state index is 0.248. The molecular weight excluding hydrogens is 232 g/mol. The van der Waals surface area contributed by atoms with Crippen molar-refractivity contribution in [3.8, 4) is 0 Å². The van der Waals surface area contributed by atoms with Crippen molar-refractivity contribution in [3.05, 3.63) is 18.3 Å². The van der Waals surface area contributed by atoms with Gasteiger partial charge in [-0.1, -0.05) is 0 Å². The summed E-state index contributed by atoms with van der Waals surface area (Å²) in [4.78, 5) is 6.30. The second kappa shape index (κ2) is 7.86. The minimum absolute atomic E-state index is 0.248. The van der Waals surface area contributed by atoms with Gasteiger partial charge in [-0.3, -0.25) is 0 Å². The number of pyridine rings is 1. The summed E-state index contributed by atoms with van der Waals surface area (Å²) in [5.41, 5.74) is 3.59. The number of aromatic nitrogens is 1. The molecule has 0 saturated carbocycles. The Balaban J connectivity index is 2.85. The normalized spacial score (nSPS) is 12.2. The van der Waals surface area contributed by atoms with Gasteiger partial charge in [0.1, 0.15) is 5.82 Å². The van der Waals surface area contributed by atoms with Crippen LogP contribution in [0.3, 0.4) is 0 Å². The van der Waals surface area contributed by atoms with Crippen LogP contribution in [0.1, 0.15) is 6.92 Å². The van der Waals surface area contributed by atoms with E-state index in [1.165, 1.54) is 0 Å². The average molecular weight is 254 g/mol. The Morgan fingerprint density at radius 1 is 1.44 bits per heavy atom. The molecule has 0 aliphatic carbocycles. The number of hydrazine groups is 1. The first kappa shape index (κ1) is 14.7. The van der Waals surface area contributed by atoms with Crippen LogP contribution < -0.4 is 16.2 Å². The lowest BCUT2D eigenvalue weighted by Crippen LogP contribution is -2.38. The van der Waals surface area contributed by atoms with Gasteiger partial charge in [0.2, 0.25) is 0 Å². The number of nitrogens with one attached hydrogen (secondary N) is 1. The molecule has 6 nitrogen and oxygen atoms in total. The third kappa shape index (κ3) is 4.14. The Labute approximate surface area is 108 Å². The lowest BCUT2D eigenvalue weighted by Gasteiger charge is -2.30. The van der Waals surface area contributed by atoms with Crippen molar-refractivity contribution in [2.45, 2.75) is 13.0 Å². The highest BCUT2D eigenvalue weighted by atomic mass is 16.5. The van der Waals surface area contributed by atoms with E-state index in [1.54, 1.807) is 20.4 Å². The van der Waals surface area contributed by atoms with Gasteiger partial charge in [-0.15, -0.1) is 0 Å². The minimum Gasteiger partial charge on any atom is -0.383 e. The molecule has 1 atom stereocenters. The molecule has 0 saturated heterocycles. The monoisotopic (exact) mass is 254 g/mol. The molecule has 0 bridgehead atoms. The van der Waals surface area contributed by atoms with E-state index < -0.39 is 0 Å². The lowest BCUT2D eigenvalue weighted by atomic mass is 10.2. The van der Waals surface area contributed by atoms with Gasteiger partial charge in [0.25, 0.3) is 0 Å². The van der Waals surface area contributed by atoms with Crippen molar-refractivity contribution >= 4 is 11.5 Å². The fourth-order valence-corrected chi connectivity index (χ4v) is 1.80. The molecule has 1 rings (SSSR count). The van der Waals surface area contributed by atoms with Crippen molar-refractivity contribution in [3.63, 3.8) is 0 Å². The van der Waals surface area contributed by atoms with Crippen LogP contribution in [0.25, 0.3) is 0 Å². The van der Waals surface area contributed by atoms with Gasteiger partial charge < -0.3 is 19.8 Å². The number of anilines is 2. The third-order valence-corrected chi connectivity index (χ3v) is 2.70. The van der Waals surface area contributed by atoms with Gasteiger partial charge in [-0.25, -0.2) is 10.8 Å². The Bertz CT molecular complexity index is 349. The highest BCUT2D eigenvalue weighted by Crippen LogP contribution is 2.19. The van der Waals surface area contributed by atoms with Gasteiger partial charge in [0.05, 0.1) is 13.2 Å². The predicted octanol–water partition coefficient (Wildman–Crippen LogP) is 0.855. The maximum atomic E-state index is 5.37. The second-order valence-corrected chi connectivity index (χ2v) is 4.03. The molecule has 1 heterocycles. The standard InChI is InChI=1S/C12H22N4O2/c1-10(9-18-3)16(6-7-17-2)11-4-5-14-12(8-11)15-13/h4-5,8,10H,6-7,9,13H2,1-3H3,(H,14,15). The van der Waals surface area contributed by atoms with Gasteiger partial charge in [-0.2, -0.15) is 0 Å². The van der Waals surface area contributed by atoms with Crippen molar-refractivity contribution in [1.29, 1.82) is 0 Å². The van der Waals surface area contributed by atoms with E-state index in [2.05, 4.69) is 22.2 Å². The van der Waals surface area contributed by atoms with E-state index in [0.717, 1.165) is 12.2 Å². The van der Waals surface area contributed by atoms with E-state index in [0.29, 0.717) is 19.0 Å². The summed E-state index contributed by atoms with van der Waals surface area (Å²) >= 11 is 0. The van der Waals surface area contributed by atoms with Crippen molar-refractivity contribution in [2.75, 3.05) is 44.3 Å². The maximum Gasteiger partial charge on any atom is 0.141 e. The van der Waals surface area contributed by atoms with Crippen molar-refractivity contribution in [1.82, 2.24) is 4.98 Å². The van der Waals surface area contributed by atoms with Crippen LogP contribution in [0.15, 0.2) is 18.3 Å². The third-order valence-electron chi connectivity index (χ3n) is 2.70. The van der Waals surface area contributed by atoms with Crippen LogP contribution in [0.4, 0.5) is 11.5 Å². The first-order valence-electron chi connectivity index (χ1n) is 5.90. The highest BCUT2D eigenvalue weighted by Gasteiger charge is 2.14. The number of ether oxygens (including phenoxy) is 2. The van der Waals surface area contributed by atoms with Gasteiger partial charge >= 0.3 is 0 Å². The first-order valence-corrected chi connectivity index (χ1v) is 5.90. The van der Waals surface area contributed by atoms with Crippen LogP contribution >= 0.6 is 0 Å². The SMILES string of the molecule is COCCN(c1ccnc(NN)c1)C(C)COC. The molecule has 1 aromatic rings. The molecular formula is C12H22N4O2. The van der Waals surface area contributed by atoms with Crippen LogP contribution in [0.2, 0.25) is 0 Å². The van der Waals surface area contributed by atoms with Gasteiger partial charge in [-0.05, 0) is 13.0 Å². The predicted molar refractivity (Wildman–Crippen MR) is 72.6 cm³/mol. The number of nitrogens with two attached hydrogens (primary N) is 1. The molecule has 0 amide bonds. The van der Waals surface area contributed by atoms with Gasteiger partial charge in [0.15, 0.2) is 0 Å². The van der Waals surface area contributed by atoms with Gasteiger partial charge in [0, 0.05) is 44.8 Å². The smallest absolute Gasteiger partial charge is 0.141 e. The molecule has 0 aliphatic rings. The molecule has 0 spiro atoms. The Hall–Kier alpha value is -1.37. The number of hydrogen-bond acceptors (Lipinski definition) is 6. The van der Waals surface area contributed by atoms with Crippen LogP contribution in [0, 0.1) is 0 Å². The van der Waals surface area contributed by atoms with Crippen molar-refractivity contribution in [2.24, 2.45) is 5.84 Å². The van der Waals surface area contributed by atoms with E-state index >= 15 is 0 Å². The number of hydrogen-bond donors (Lipinski definition) is 2. The molecule has 0 fully saturated rings. The largest absolute Gasteiger partial charge is 0.383 e. The number of methoxy groups -OCH3 is 2. The fourth-order valence-electron chi connectivity index (χ4n) is 1.80. The molecule has 6 heteroatoms. The summed E-state index contributed by atoms with van der Waals surface area (Å²) < 4.78 is 10.3. The van der Waals surface area contributed by atoms with Crippen LogP contribution in [0.5, 0.6) is 0 Å². The molecule has 0 aliphatic heterocycles. The topological polar surface area (TPSA) is 72.6 Å². The Morgan fingerprint density at radius 3 is 2.83 bits per heavy atom. The summed E-state index contributed by atoms with van der Waals surface area (Å²) in [6, 6.07) is 4.10. The summed E-state index contributed by atoms with van der Waals surface area (Å²) in [6.45, 7) is 4.20. The Kier molecular flexibility index (Phi) is 6.42. The molecule has 18 heavy (non-hydrogen) atoms. The Morgan fingerprint density at radius 2 is 2.22 bits per heavy atom. The lowest BCUT2D eigenvalue weighted by molar-refractivity contribution is 0.171. The van der Waals surface area contributed by atoms with Crippen LogP contribution in [-0.2, 0) is 9.47 Å². The first-order chi connectivity index (χ1) is 8.72. The van der Waals surface area contributed by atoms with Crippen LogP contribution in [-0.4, -0.2) is 45.0 Å². The van der Waals surface area contributed by atoms with E-state index in [9.17, 15) is 0 Å². The van der Waals surface area contributed by atoms with E-state index in [4.69, 9.17) is 15.3 Å². The molecule has 0 radical (unpaired) electrons. The molecule has 3 N–H and O–H groups in total. The zero-order valence-electron chi connectivity index (χ0n) is 11.2. The zero-order valence-corrected chi connectivity index (χ0v) is 11.2. The number of nitrogen functional groups attached to an aromatic ring is 1. The summed E-state index contributed by atoms with van der Waals surface area (Å²) in [6.07, 6.45) is 1.73. The summed E-state index contributed by atoms with van der Waals surface area (Å²) in [5.74, 6) is 6.01. The second-order valence-electron chi connectivity index (χ2n) is 4.03. The van der Waals surface area contributed by atoms with Crippen molar-refractivity contribution < 1.29 is 9.47 Å². The molecule has 0 aromatic carbocycles. The van der Waals surface area contributed by atoms with E-state index in [-0.39, 0.29) is 6.04 Å². The summed E-state index contributed by atoms with van der Waals surface area (Å²) in [5, 5.41) is 0. The molecule has 1 aromatic heterocycles. The quantitative estimate of drug-likeness (QED) is 0.529. The molecule has 102 valence electrons. The number of nitrogens with zero attached hydrogens (tertiary/aromatic N) is 2. The average Bonchev–Trinajstić information content (AvgIpc) is 2.40. The molecule has 1 unspecified atom stereocenters. The fraction of sp³-hybridized carbons (Fsp3) is 0.583. The maximum absolute atomic E-state index is 5.37. The number of rotatable bonds is 8. The summed E-state index contributed by atoms with van der Waals surface area (Å²) in [7, 11) is 3.39. The van der Waals surface area contributed by atoms with E-state index in [1.807, 2.05) is 12.1 Å².